The number of likely N-dealkylation sites (tertiary alicyclic amines) is 1. The predicted octanol–water partition coefficient (Wildman–Crippen LogP) is 0.933. The van der Waals surface area contributed by atoms with E-state index >= 15 is 0 Å². The zero-order valence-corrected chi connectivity index (χ0v) is 10.9. The molecule has 0 aliphatic carbocycles. The van der Waals surface area contributed by atoms with E-state index in [-0.39, 0.29) is 11.7 Å². The SMILES string of the molecule is O=C1O[C@H]2C[C@H]1N(C(=O)c1cc3ccccc3oc1=O)C2. The number of carbonyl (C=O) groups excluding carboxylic acids is 2. The highest BCUT2D eigenvalue weighted by molar-refractivity contribution is 5.99. The topological polar surface area (TPSA) is 76.8 Å². The Hall–Kier alpha value is -2.63. The van der Waals surface area contributed by atoms with Gasteiger partial charge in [-0.1, -0.05) is 18.2 Å². The van der Waals surface area contributed by atoms with Gasteiger partial charge in [0.15, 0.2) is 0 Å². The summed E-state index contributed by atoms with van der Waals surface area (Å²) in [6.07, 6.45) is 0.252. The molecule has 1 aromatic heterocycles. The van der Waals surface area contributed by atoms with Crippen molar-refractivity contribution in [1.29, 1.82) is 0 Å². The standard InChI is InChI=1S/C15H11NO5/c17-13(16-7-9-6-11(16)15(19)20-9)10-5-8-3-1-2-4-12(8)21-14(10)18/h1-5,9,11H,6-7H2/t9-,11+/m0/s1. The molecule has 0 unspecified atom stereocenters. The zero-order valence-electron chi connectivity index (χ0n) is 10.9. The van der Waals surface area contributed by atoms with Crippen molar-refractivity contribution >= 4 is 22.8 Å². The van der Waals surface area contributed by atoms with Crippen LogP contribution in [0.4, 0.5) is 0 Å². The maximum Gasteiger partial charge on any atom is 0.349 e. The molecule has 2 fully saturated rings. The van der Waals surface area contributed by atoms with E-state index in [1.165, 1.54) is 11.0 Å². The Morgan fingerprint density at radius 3 is 2.81 bits per heavy atom. The van der Waals surface area contributed by atoms with Crippen molar-refractivity contribution in [3.63, 3.8) is 0 Å². The number of benzene rings is 1. The maximum absolute atomic E-state index is 12.5. The number of hydrogen-bond donors (Lipinski definition) is 0. The summed E-state index contributed by atoms with van der Waals surface area (Å²) in [7, 11) is 0. The lowest BCUT2D eigenvalue weighted by molar-refractivity contribution is -0.149. The average molecular weight is 285 g/mol. The molecule has 6 heteroatoms. The summed E-state index contributed by atoms with van der Waals surface area (Å²) in [5, 5.41) is 0.674. The third kappa shape index (κ3) is 1.75. The first kappa shape index (κ1) is 12.1. The van der Waals surface area contributed by atoms with Gasteiger partial charge in [-0.05, 0) is 12.1 Å². The van der Waals surface area contributed by atoms with Gasteiger partial charge in [-0.3, -0.25) is 4.79 Å². The van der Waals surface area contributed by atoms with Crippen LogP contribution >= 0.6 is 0 Å². The first-order valence-corrected chi connectivity index (χ1v) is 6.68. The molecule has 21 heavy (non-hydrogen) atoms. The van der Waals surface area contributed by atoms with E-state index in [9.17, 15) is 14.4 Å². The number of rotatable bonds is 1. The van der Waals surface area contributed by atoms with Crippen LogP contribution in [0, 0.1) is 0 Å². The first-order chi connectivity index (χ1) is 10.1. The van der Waals surface area contributed by atoms with Crippen LogP contribution in [-0.4, -0.2) is 35.5 Å². The van der Waals surface area contributed by atoms with E-state index < -0.39 is 23.5 Å². The van der Waals surface area contributed by atoms with E-state index in [1.807, 2.05) is 0 Å². The zero-order chi connectivity index (χ0) is 14.6. The number of para-hydroxylation sites is 1. The van der Waals surface area contributed by atoms with E-state index in [0.717, 1.165) is 0 Å². The van der Waals surface area contributed by atoms with E-state index in [1.54, 1.807) is 24.3 Å². The monoisotopic (exact) mass is 285 g/mol. The summed E-state index contributed by atoms with van der Waals surface area (Å²) in [4.78, 5) is 37.5. The minimum atomic E-state index is -0.685. The van der Waals surface area contributed by atoms with Gasteiger partial charge in [0, 0.05) is 11.8 Å². The molecule has 2 bridgehead atoms. The van der Waals surface area contributed by atoms with Crippen LogP contribution in [0.3, 0.4) is 0 Å². The fourth-order valence-corrected chi connectivity index (χ4v) is 2.94. The highest BCUT2D eigenvalue weighted by atomic mass is 16.6. The van der Waals surface area contributed by atoms with Gasteiger partial charge in [0.05, 0.1) is 6.54 Å². The van der Waals surface area contributed by atoms with E-state index in [4.69, 9.17) is 9.15 Å². The third-order valence-corrected chi connectivity index (χ3v) is 3.95. The number of amides is 1. The normalized spacial score (nSPS) is 23.6. The molecule has 106 valence electrons. The second kappa shape index (κ2) is 4.18. The molecule has 3 heterocycles. The first-order valence-electron chi connectivity index (χ1n) is 6.68. The van der Waals surface area contributed by atoms with Crippen LogP contribution in [0.5, 0.6) is 0 Å². The summed E-state index contributed by atoms with van der Waals surface area (Å²) >= 11 is 0. The van der Waals surface area contributed by atoms with Gasteiger partial charge in [0.1, 0.15) is 23.3 Å². The number of esters is 1. The molecule has 1 amide bonds. The molecular formula is C15H11NO5. The fourth-order valence-electron chi connectivity index (χ4n) is 2.94. The van der Waals surface area contributed by atoms with Crippen LogP contribution in [0.2, 0.25) is 0 Å². The van der Waals surface area contributed by atoms with Gasteiger partial charge in [-0.25, -0.2) is 9.59 Å². The van der Waals surface area contributed by atoms with Crippen molar-refractivity contribution in [2.75, 3.05) is 6.54 Å². The molecule has 2 aromatic rings. The largest absolute Gasteiger partial charge is 0.459 e. The number of fused-ring (bicyclic) bond motifs is 3. The molecule has 2 aliphatic heterocycles. The van der Waals surface area contributed by atoms with Gasteiger partial charge in [-0.2, -0.15) is 0 Å². The summed E-state index contributed by atoms with van der Waals surface area (Å²) in [6.45, 7) is 0.335. The number of carbonyl (C=O) groups is 2. The molecule has 2 aliphatic rings. The number of morpholine rings is 1. The van der Waals surface area contributed by atoms with Crippen molar-refractivity contribution in [2.45, 2.75) is 18.6 Å². The molecule has 0 spiro atoms. The summed E-state index contributed by atoms with van der Waals surface area (Å²) in [6, 6.07) is 7.92. The molecule has 2 saturated heterocycles. The van der Waals surface area contributed by atoms with Crippen LogP contribution in [-0.2, 0) is 9.53 Å². The minimum Gasteiger partial charge on any atom is -0.459 e. The second-order valence-corrected chi connectivity index (χ2v) is 5.25. The summed E-state index contributed by atoms with van der Waals surface area (Å²) in [5.41, 5.74) is -0.301. The Morgan fingerprint density at radius 1 is 1.24 bits per heavy atom. The Kier molecular flexibility index (Phi) is 2.42. The number of hydrogen-bond acceptors (Lipinski definition) is 5. The predicted molar refractivity (Wildman–Crippen MR) is 71.8 cm³/mol. The number of nitrogens with zero attached hydrogens (tertiary/aromatic N) is 1. The van der Waals surface area contributed by atoms with E-state index in [0.29, 0.717) is 23.9 Å². The summed E-state index contributed by atoms with van der Waals surface area (Å²) < 4.78 is 10.2. The quantitative estimate of drug-likeness (QED) is 0.575. The van der Waals surface area contributed by atoms with Crippen molar-refractivity contribution in [2.24, 2.45) is 0 Å². The molecule has 4 rings (SSSR count). The Morgan fingerprint density at radius 2 is 2.05 bits per heavy atom. The molecule has 0 saturated carbocycles. The lowest BCUT2D eigenvalue weighted by Crippen LogP contribution is -2.45. The minimum absolute atomic E-state index is 0.0472. The lowest BCUT2D eigenvalue weighted by Gasteiger charge is -2.25. The molecule has 6 nitrogen and oxygen atoms in total. The fraction of sp³-hybridized carbons (Fsp3) is 0.267. The van der Waals surface area contributed by atoms with Crippen LogP contribution in [0.25, 0.3) is 11.0 Å². The van der Waals surface area contributed by atoms with Crippen molar-refractivity contribution in [3.8, 4) is 0 Å². The molecular weight excluding hydrogens is 274 g/mol. The average Bonchev–Trinajstić information content (AvgIpc) is 3.05. The van der Waals surface area contributed by atoms with Crippen LogP contribution in [0.15, 0.2) is 39.5 Å². The second-order valence-electron chi connectivity index (χ2n) is 5.25. The van der Waals surface area contributed by atoms with E-state index in [2.05, 4.69) is 0 Å². The highest BCUT2D eigenvalue weighted by Gasteiger charge is 2.49. The van der Waals surface area contributed by atoms with Gasteiger partial charge in [0.2, 0.25) is 0 Å². The van der Waals surface area contributed by atoms with Crippen molar-refractivity contribution < 1.29 is 18.7 Å². The van der Waals surface area contributed by atoms with Crippen LogP contribution in [0.1, 0.15) is 16.8 Å². The molecule has 1 aromatic carbocycles. The molecule has 2 atom stereocenters. The van der Waals surface area contributed by atoms with Crippen LogP contribution < -0.4 is 5.63 Å². The Bertz CT molecular complexity index is 824. The van der Waals surface area contributed by atoms with Gasteiger partial charge < -0.3 is 14.1 Å². The van der Waals surface area contributed by atoms with Crippen molar-refractivity contribution in [1.82, 2.24) is 4.90 Å². The maximum atomic E-state index is 12.5. The van der Waals surface area contributed by atoms with Gasteiger partial charge in [-0.15, -0.1) is 0 Å². The Labute approximate surface area is 118 Å². The highest BCUT2D eigenvalue weighted by Crippen LogP contribution is 2.30. The molecule has 0 N–H and O–H groups in total. The third-order valence-electron chi connectivity index (χ3n) is 3.95. The smallest absolute Gasteiger partial charge is 0.349 e. The van der Waals surface area contributed by atoms with Crippen molar-refractivity contribution in [3.05, 3.63) is 46.3 Å². The Balaban J connectivity index is 1.76. The van der Waals surface area contributed by atoms with Gasteiger partial charge in [0.25, 0.3) is 5.91 Å². The lowest BCUT2D eigenvalue weighted by atomic mass is 10.1. The molecule has 0 radical (unpaired) electrons. The number of ether oxygens (including phenoxy) is 1. The van der Waals surface area contributed by atoms with Gasteiger partial charge >= 0.3 is 11.6 Å². The summed E-state index contributed by atoms with van der Waals surface area (Å²) in [5.74, 6) is -0.872.